The first-order valence-electron chi connectivity index (χ1n) is 8.29. The molecule has 1 aromatic carbocycles. The molecule has 24 heavy (non-hydrogen) atoms. The monoisotopic (exact) mass is 329 g/mol. The summed E-state index contributed by atoms with van der Waals surface area (Å²) in [5.74, 6) is 1.19. The molecule has 0 radical (unpaired) electrons. The molecular weight excluding hydrogens is 302 g/mol. The molecule has 1 aromatic heterocycles. The van der Waals surface area contributed by atoms with Gasteiger partial charge in [0.05, 0.1) is 25.5 Å². The second-order valence-corrected chi connectivity index (χ2v) is 6.12. The molecule has 0 spiro atoms. The van der Waals surface area contributed by atoms with Crippen molar-refractivity contribution in [3.05, 3.63) is 54.4 Å². The number of aromatic nitrogens is 1. The Morgan fingerprint density at radius 1 is 1.12 bits per heavy atom. The maximum atomic E-state index is 9.51. The molecule has 130 valence electrons. The summed E-state index contributed by atoms with van der Waals surface area (Å²) in [5.41, 5.74) is 1.96. The van der Waals surface area contributed by atoms with Crippen LogP contribution in [0.1, 0.15) is 25.6 Å². The first-order valence-corrected chi connectivity index (χ1v) is 8.29. The smallest absolute Gasteiger partial charge is 0.119 e. The van der Waals surface area contributed by atoms with Gasteiger partial charge in [-0.2, -0.15) is 0 Å². The van der Waals surface area contributed by atoms with E-state index in [2.05, 4.69) is 29.5 Å². The highest BCUT2D eigenvalue weighted by Gasteiger charge is 2.17. The molecule has 0 amide bonds. The van der Waals surface area contributed by atoms with Crippen molar-refractivity contribution in [3.8, 4) is 5.75 Å². The highest BCUT2D eigenvalue weighted by molar-refractivity contribution is 5.48. The summed E-state index contributed by atoms with van der Waals surface area (Å²) in [6.45, 7) is 4.99. The maximum absolute atomic E-state index is 9.51. The van der Waals surface area contributed by atoms with Gasteiger partial charge in [0, 0.05) is 24.5 Å². The molecule has 0 aliphatic carbocycles. The number of pyridine rings is 1. The second kappa shape index (κ2) is 9.25. The number of hydrogen-bond acceptors (Lipinski definition) is 5. The van der Waals surface area contributed by atoms with Crippen LogP contribution < -0.4 is 15.4 Å². The Hall–Kier alpha value is -2.11. The summed E-state index contributed by atoms with van der Waals surface area (Å²) in [6.07, 6.45) is 1.80. The van der Waals surface area contributed by atoms with E-state index in [0.29, 0.717) is 12.5 Å². The Labute approximate surface area is 144 Å². The molecule has 0 unspecified atom stereocenters. The third kappa shape index (κ3) is 5.22. The van der Waals surface area contributed by atoms with Crippen molar-refractivity contribution < 1.29 is 9.84 Å². The minimum atomic E-state index is 0.00685. The van der Waals surface area contributed by atoms with Gasteiger partial charge in [0.1, 0.15) is 5.75 Å². The number of nitrogens with zero attached hydrogens (tertiary/aromatic N) is 1. The highest BCUT2D eigenvalue weighted by Crippen LogP contribution is 2.20. The number of hydrogen-bond donors (Lipinski definition) is 3. The average molecular weight is 329 g/mol. The first-order chi connectivity index (χ1) is 11.6. The summed E-state index contributed by atoms with van der Waals surface area (Å²) in [4.78, 5) is 4.47. The van der Waals surface area contributed by atoms with Gasteiger partial charge in [0.25, 0.3) is 0 Å². The SMILES string of the molecule is COc1ccc(N[C@H](CN[C@H](CO)C(C)C)c2ccccn2)cc1. The molecule has 2 atom stereocenters. The van der Waals surface area contributed by atoms with E-state index in [4.69, 9.17) is 4.74 Å². The molecule has 0 saturated carbocycles. The number of ether oxygens (including phenoxy) is 1. The molecule has 0 aliphatic heterocycles. The van der Waals surface area contributed by atoms with Crippen LogP contribution in [0.25, 0.3) is 0 Å². The van der Waals surface area contributed by atoms with E-state index < -0.39 is 0 Å². The van der Waals surface area contributed by atoms with Gasteiger partial charge in [-0.1, -0.05) is 19.9 Å². The Morgan fingerprint density at radius 2 is 1.88 bits per heavy atom. The molecule has 2 rings (SSSR count). The zero-order valence-electron chi connectivity index (χ0n) is 14.6. The summed E-state index contributed by atoms with van der Waals surface area (Å²) >= 11 is 0. The van der Waals surface area contributed by atoms with E-state index in [9.17, 15) is 5.11 Å². The maximum Gasteiger partial charge on any atom is 0.119 e. The third-order valence-corrected chi connectivity index (χ3v) is 4.06. The third-order valence-electron chi connectivity index (χ3n) is 4.06. The normalized spacial score (nSPS) is 13.5. The van der Waals surface area contributed by atoms with Crippen molar-refractivity contribution in [1.82, 2.24) is 10.3 Å². The predicted octanol–water partition coefficient (Wildman–Crippen LogP) is 2.85. The van der Waals surface area contributed by atoms with Crippen LogP contribution in [0.4, 0.5) is 5.69 Å². The van der Waals surface area contributed by atoms with Crippen molar-refractivity contribution >= 4 is 5.69 Å². The minimum absolute atomic E-state index is 0.00685. The number of benzene rings is 1. The van der Waals surface area contributed by atoms with Crippen LogP contribution >= 0.6 is 0 Å². The van der Waals surface area contributed by atoms with Crippen LogP contribution in [0.2, 0.25) is 0 Å². The lowest BCUT2D eigenvalue weighted by atomic mass is 10.0. The van der Waals surface area contributed by atoms with Crippen LogP contribution in [-0.2, 0) is 0 Å². The number of anilines is 1. The van der Waals surface area contributed by atoms with Crippen molar-refractivity contribution in [2.45, 2.75) is 25.9 Å². The van der Waals surface area contributed by atoms with Gasteiger partial charge in [0.2, 0.25) is 0 Å². The van der Waals surface area contributed by atoms with Crippen molar-refractivity contribution in [3.63, 3.8) is 0 Å². The Bertz CT molecular complexity index is 587. The molecule has 1 heterocycles. The zero-order chi connectivity index (χ0) is 17.4. The average Bonchev–Trinajstić information content (AvgIpc) is 2.62. The van der Waals surface area contributed by atoms with Gasteiger partial charge in [-0.05, 0) is 42.3 Å². The van der Waals surface area contributed by atoms with Gasteiger partial charge in [0.15, 0.2) is 0 Å². The zero-order valence-corrected chi connectivity index (χ0v) is 14.6. The van der Waals surface area contributed by atoms with E-state index in [1.54, 1.807) is 13.3 Å². The molecule has 0 saturated heterocycles. The fourth-order valence-corrected chi connectivity index (χ4v) is 2.48. The van der Waals surface area contributed by atoms with Crippen molar-refractivity contribution in [1.29, 1.82) is 0 Å². The van der Waals surface area contributed by atoms with E-state index in [-0.39, 0.29) is 18.7 Å². The van der Waals surface area contributed by atoms with Crippen LogP contribution in [0.5, 0.6) is 5.75 Å². The number of methoxy groups -OCH3 is 1. The van der Waals surface area contributed by atoms with Gasteiger partial charge >= 0.3 is 0 Å². The van der Waals surface area contributed by atoms with Crippen molar-refractivity contribution in [2.75, 3.05) is 25.6 Å². The van der Waals surface area contributed by atoms with E-state index in [0.717, 1.165) is 17.1 Å². The Balaban J connectivity index is 2.10. The highest BCUT2D eigenvalue weighted by atomic mass is 16.5. The largest absolute Gasteiger partial charge is 0.497 e. The minimum Gasteiger partial charge on any atom is -0.497 e. The van der Waals surface area contributed by atoms with Crippen LogP contribution in [0.15, 0.2) is 48.7 Å². The van der Waals surface area contributed by atoms with E-state index in [1.807, 2.05) is 42.5 Å². The number of rotatable bonds is 9. The predicted molar refractivity (Wildman–Crippen MR) is 97.3 cm³/mol. The molecule has 3 N–H and O–H groups in total. The quantitative estimate of drug-likeness (QED) is 0.660. The number of nitrogens with one attached hydrogen (secondary N) is 2. The molecule has 5 heteroatoms. The van der Waals surface area contributed by atoms with Crippen LogP contribution in [-0.4, -0.2) is 36.4 Å². The lowest BCUT2D eigenvalue weighted by Gasteiger charge is -2.25. The lowest BCUT2D eigenvalue weighted by molar-refractivity contribution is 0.210. The fraction of sp³-hybridized carbons (Fsp3) is 0.421. The Morgan fingerprint density at radius 3 is 2.42 bits per heavy atom. The van der Waals surface area contributed by atoms with E-state index >= 15 is 0 Å². The first kappa shape index (κ1) is 18.2. The van der Waals surface area contributed by atoms with Crippen molar-refractivity contribution in [2.24, 2.45) is 5.92 Å². The molecule has 0 aliphatic rings. The standard InChI is InChI=1S/C19H27N3O2/c1-14(2)19(13-23)21-12-18(17-6-4-5-11-20-17)22-15-7-9-16(24-3)10-8-15/h4-11,14,18-19,21-23H,12-13H2,1-3H3/t18-,19-/m1/s1. The molecule has 0 bridgehead atoms. The fourth-order valence-electron chi connectivity index (χ4n) is 2.48. The molecular formula is C19H27N3O2. The Kier molecular flexibility index (Phi) is 7.03. The van der Waals surface area contributed by atoms with Crippen LogP contribution in [0, 0.1) is 5.92 Å². The van der Waals surface area contributed by atoms with Gasteiger partial charge in [-0.25, -0.2) is 0 Å². The summed E-state index contributed by atoms with van der Waals surface area (Å²) in [5, 5.41) is 16.5. The summed E-state index contributed by atoms with van der Waals surface area (Å²) in [6, 6.07) is 13.8. The summed E-state index contributed by atoms with van der Waals surface area (Å²) in [7, 11) is 1.66. The lowest BCUT2D eigenvalue weighted by Crippen LogP contribution is -2.40. The van der Waals surface area contributed by atoms with Crippen LogP contribution in [0.3, 0.4) is 0 Å². The topological polar surface area (TPSA) is 66.4 Å². The molecule has 2 aromatic rings. The van der Waals surface area contributed by atoms with Gasteiger partial charge < -0.3 is 20.5 Å². The van der Waals surface area contributed by atoms with Gasteiger partial charge in [-0.3, -0.25) is 4.98 Å². The number of aliphatic hydroxyl groups excluding tert-OH is 1. The molecule has 0 fully saturated rings. The van der Waals surface area contributed by atoms with Gasteiger partial charge in [-0.15, -0.1) is 0 Å². The molecule has 5 nitrogen and oxygen atoms in total. The summed E-state index contributed by atoms with van der Waals surface area (Å²) < 4.78 is 5.20. The van der Waals surface area contributed by atoms with E-state index in [1.165, 1.54) is 0 Å². The number of aliphatic hydroxyl groups is 1. The second-order valence-electron chi connectivity index (χ2n) is 6.12.